The van der Waals surface area contributed by atoms with Gasteiger partial charge in [-0.1, -0.05) is 0 Å². The molecule has 1 aliphatic rings. The molecule has 3 rings (SSSR count). The number of halogens is 2. The first-order chi connectivity index (χ1) is 9.22. The van der Waals surface area contributed by atoms with E-state index in [2.05, 4.69) is 15.3 Å². The molecule has 1 aliphatic carbocycles. The van der Waals surface area contributed by atoms with E-state index in [-0.39, 0.29) is 0 Å². The number of nitrogens with zero attached hydrogens (tertiary/aromatic N) is 1. The van der Waals surface area contributed by atoms with Crippen molar-refractivity contribution in [2.45, 2.75) is 19.4 Å². The van der Waals surface area contributed by atoms with Crippen LogP contribution in [0.15, 0.2) is 24.4 Å². The third kappa shape index (κ3) is 2.98. The van der Waals surface area contributed by atoms with Gasteiger partial charge in [0.1, 0.15) is 17.5 Å². The Morgan fingerprint density at radius 2 is 2.16 bits per heavy atom. The van der Waals surface area contributed by atoms with Crippen LogP contribution in [-0.2, 0) is 6.54 Å². The highest BCUT2D eigenvalue weighted by Crippen LogP contribution is 2.27. The zero-order valence-corrected chi connectivity index (χ0v) is 10.4. The maximum atomic E-state index is 13.6. The Morgan fingerprint density at radius 3 is 2.89 bits per heavy atom. The van der Waals surface area contributed by atoms with Crippen LogP contribution < -0.4 is 5.32 Å². The van der Waals surface area contributed by atoms with Crippen molar-refractivity contribution in [3.05, 3.63) is 41.9 Å². The molecule has 0 aliphatic heterocycles. The first-order valence-corrected chi connectivity index (χ1v) is 6.42. The second-order valence-electron chi connectivity index (χ2n) is 4.94. The smallest absolute Gasteiger partial charge is 0.135 e. The molecular weight excluding hydrogens is 248 g/mol. The van der Waals surface area contributed by atoms with E-state index in [1.807, 2.05) is 0 Å². The third-order valence-corrected chi connectivity index (χ3v) is 3.27. The van der Waals surface area contributed by atoms with Crippen molar-refractivity contribution in [3.8, 4) is 11.3 Å². The van der Waals surface area contributed by atoms with E-state index in [0.717, 1.165) is 24.4 Å². The maximum Gasteiger partial charge on any atom is 0.135 e. The van der Waals surface area contributed by atoms with Crippen LogP contribution >= 0.6 is 0 Å². The van der Waals surface area contributed by atoms with Crippen LogP contribution in [0, 0.1) is 17.6 Å². The molecule has 0 amide bonds. The lowest BCUT2D eigenvalue weighted by molar-refractivity contribution is 0.585. The van der Waals surface area contributed by atoms with E-state index in [1.165, 1.54) is 25.0 Å². The van der Waals surface area contributed by atoms with Gasteiger partial charge < -0.3 is 10.3 Å². The van der Waals surface area contributed by atoms with Crippen LogP contribution in [0.25, 0.3) is 11.3 Å². The van der Waals surface area contributed by atoms with E-state index in [9.17, 15) is 8.78 Å². The highest BCUT2D eigenvalue weighted by atomic mass is 19.1. The number of hydrogen-bond acceptors (Lipinski definition) is 2. The molecule has 1 aromatic heterocycles. The van der Waals surface area contributed by atoms with Gasteiger partial charge in [-0.2, -0.15) is 0 Å². The van der Waals surface area contributed by atoms with Crippen molar-refractivity contribution >= 4 is 0 Å². The highest BCUT2D eigenvalue weighted by molar-refractivity contribution is 5.59. The van der Waals surface area contributed by atoms with Gasteiger partial charge in [-0.05, 0) is 37.4 Å². The van der Waals surface area contributed by atoms with E-state index >= 15 is 0 Å². The zero-order chi connectivity index (χ0) is 13.2. The Labute approximate surface area is 110 Å². The molecular formula is C14H15F2N3. The van der Waals surface area contributed by atoms with Crippen LogP contribution in [0.2, 0.25) is 0 Å². The first-order valence-electron chi connectivity index (χ1n) is 6.42. The number of rotatable bonds is 5. The Kier molecular flexibility index (Phi) is 3.29. The summed E-state index contributed by atoms with van der Waals surface area (Å²) < 4.78 is 26.4. The second kappa shape index (κ2) is 5.09. The Balaban J connectivity index is 1.68. The molecule has 0 bridgehead atoms. The summed E-state index contributed by atoms with van der Waals surface area (Å²) in [4.78, 5) is 7.24. The van der Waals surface area contributed by atoms with Gasteiger partial charge in [-0.15, -0.1) is 0 Å². The predicted molar refractivity (Wildman–Crippen MR) is 68.4 cm³/mol. The number of aromatic nitrogens is 2. The van der Waals surface area contributed by atoms with Gasteiger partial charge in [0.2, 0.25) is 0 Å². The minimum atomic E-state index is -0.582. The summed E-state index contributed by atoms with van der Waals surface area (Å²) in [6, 6.07) is 3.53. The molecule has 5 heteroatoms. The minimum absolute atomic E-state index is 0.336. The topological polar surface area (TPSA) is 40.7 Å². The lowest BCUT2D eigenvalue weighted by atomic mass is 10.1. The number of hydrogen-bond donors (Lipinski definition) is 2. The SMILES string of the molecule is Fc1ccc(-c2cnc(CNCC3CC3)[nH]2)c(F)c1. The summed E-state index contributed by atoms with van der Waals surface area (Å²) in [5.41, 5.74) is 0.906. The fourth-order valence-electron chi connectivity index (χ4n) is 2.01. The molecule has 100 valence electrons. The molecule has 1 fully saturated rings. The van der Waals surface area contributed by atoms with Gasteiger partial charge >= 0.3 is 0 Å². The van der Waals surface area contributed by atoms with E-state index in [0.29, 0.717) is 17.8 Å². The average Bonchev–Trinajstić information content (AvgIpc) is 3.07. The van der Waals surface area contributed by atoms with Gasteiger partial charge in [0.15, 0.2) is 0 Å². The van der Waals surface area contributed by atoms with Gasteiger partial charge in [-0.3, -0.25) is 0 Å². The first kappa shape index (κ1) is 12.3. The van der Waals surface area contributed by atoms with Crippen LogP contribution in [0.1, 0.15) is 18.7 Å². The van der Waals surface area contributed by atoms with Crippen molar-refractivity contribution in [3.63, 3.8) is 0 Å². The van der Waals surface area contributed by atoms with Crippen molar-refractivity contribution < 1.29 is 8.78 Å². The molecule has 0 saturated heterocycles. The Bertz CT molecular complexity index is 576. The lowest BCUT2D eigenvalue weighted by Gasteiger charge is -2.01. The molecule has 19 heavy (non-hydrogen) atoms. The predicted octanol–water partition coefficient (Wildman–Crippen LogP) is 2.85. The molecule has 0 atom stereocenters. The van der Waals surface area contributed by atoms with E-state index < -0.39 is 11.6 Å². The van der Waals surface area contributed by atoms with Crippen molar-refractivity contribution in [1.82, 2.24) is 15.3 Å². The quantitative estimate of drug-likeness (QED) is 0.871. The standard InChI is InChI=1S/C14H15F2N3/c15-10-3-4-11(12(16)5-10)13-7-18-14(19-13)8-17-6-9-1-2-9/h3-5,7,9,17H,1-2,6,8H2,(H,18,19). The lowest BCUT2D eigenvalue weighted by Crippen LogP contribution is -2.16. The van der Waals surface area contributed by atoms with Gasteiger partial charge in [-0.25, -0.2) is 13.8 Å². The summed E-state index contributed by atoms with van der Waals surface area (Å²) in [5.74, 6) is 0.413. The number of H-pyrrole nitrogens is 1. The number of benzene rings is 1. The largest absolute Gasteiger partial charge is 0.341 e. The van der Waals surface area contributed by atoms with Gasteiger partial charge in [0.05, 0.1) is 18.4 Å². The zero-order valence-electron chi connectivity index (χ0n) is 10.4. The summed E-state index contributed by atoms with van der Waals surface area (Å²) in [7, 11) is 0. The van der Waals surface area contributed by atoms with Crippen LogP contribution in [0.4, 0.5) is 8.78 Å². The van der Waals surface area contributed by atoms with Gasteiger partial charge in [0.25, 0.3) is 0 Å². The van der Waals surface area contributed by atoms with E-state index in [1.54, 1.807) is 6.20 Å². The van der Waals surface area contributed by atoms with Crippen molar-refractivity contribution in [2.24, 2.45) is 5.92 Å². The number of nitrogens with one attached hydrogen (secondary N) is 2. The summed E-state index contributed by atoms with van der Waals surface area (Å²) in [6.07, 6.45) is 4.18. The molecule has 3 nitrogen and oxygen atoms in total. The van der Waals surface area contributed by atoms with E-state index in [4.69, 9.17) is 0 Å². The molecule has 1 heterocycles. The average molecular weight is 263 g/mol. The van der Waals surface area contributed by atoms with Crippen molar-refractivity contribution in [1.29, 1.82) is 0 Å². The third-order valence-electron chi connectivity index (χ3n) is 3.27. The number of imidazole rings is 1. The van der Waals surface area contributed by atoms with Crippen molar-refractivity contribution in [2.75, 3.05) is 6.54 Å². The summed E-state index contributed by atoms with van der Waals surface area (Å²) in [5, 5.41) is 3.30. The fourth-order valence-corrected chi connectivity index (χ4v) is 2.01. The second-order valence-corrected chi connectivity index (χ2v) is 4.94. The highest BCUT2D eigenvalue weighted by Gasteiger charge is 2.20. The normalized spacial score (nSPS) is 14.8. The Morgan fingerprint density at radius 1 is 1.32 bits per heavy atom. The molecule has 2 N–H and O–H groups in total. The minimum Gasteiger partial charge on any atom is -0.341 e. The van der Waals surface area contributed by atoms with Crippen LogP contribution in [0.5, 0.6) is 0 Å². The summed E-state index contributed by atoms with van der Waals surface area (Å²) >= 11 is 0. The fraction of sp³-hybridized carbons (Fsp3) is 0.357. The monoisotopic (exact) mass is 263 g/mol. The van der Waals surface area contributed by atoms with Crippen LogP contribution in [-0.4, -0.2) is 16.5 Å². The molecule has 2 aromatic rings. The van der Waals surface area contributed by atoms with Gasteiger partial charge in [0, 0.05) is 11.6 Å². The molecule has 1 aromatic carbocycles. The number of aromatic amines is 1. The molecule has 0 spiro atoms. The Hall–Kier alpha value is -1.75. The summed E-state index contributed by atoms with van der Waals surface area (Å²) in [6.45, 7) is 1.64. The van der Waals surface area contributed by atoms with Crippen LogP contribution in [0.3, 0.4) is 0 Å². The maximum absolute atomic E-state index is 13.6. The molecule has 0 radical (unpaired) electrons. The molecule has 1 saturated carbocycles. The molecule has 0 unspecified atom stereocenters.